The minimum atomic E-state index is -4.33. The number of aromatic nitrogens is 3. The molecular formula is C19H16F3N3O2. The average Bonchev–Trinajstić information content (AvgIpc) is 3.16. The van der Waals surface area contributed by atoms with Gasteiger partial charge in [-0.15, -0.1) is 0 Å². The van der Waals surface area contributed by atoms with Gasteiger partial charge in [0.1, 0.15) is 17.5 Å². The third kappa shape index (κ3) is 3.01. The van der Waals surface area contributed by atoms with E-state index in [1.165, 1.54) is 30.5 Å². The molecule has 0 spiro atoms. The van der Waals surface area contributed by atoms with Crippen LogP contribution in [0.25, 0.3) is 11.0 Å². The molecule has 0 atom stereocenters. The standard InChI is InChI=1S/C19H16F3N3O2/c1-18(2,19(20,21)22)12-3-5-13(6-4-12)26-11-14-10-25-16-7-8-23-9-15(16)24-17(25)27-14/h3-9,11H,10H2,1-2H3/b14-11-. The number of hydrogen-bond acceptors (Lipinski definition) is 4. The van der Waals surface area contributed by atoms with Crippen LogP contribution >= 0.6 is 0 Å². The van der Waals surface area contributed by atoms with Crippen molar-refractivity contribution in [2.24, 2.45) is 0 Å². The van der Waals surface area contributed by atoms with Crippen LogP contribution in [0.1, 0.15) is 19.4 Å². The Morgan fingerprint density at radius 2 is 1.89 bits per heavy atom. The molecule has 0 aliphatic carbocycles. The lowest BCUT2D eigenvalue weighted by Crippen LogP contribution is -2.36. The quantitative estimate of drug-likeness (QED) is 0.629. The molecular weight excluding hydrogens is 359 g/mol. The topological polar surface area (TPSA) is 49.2 Å². The Hall–Kier alpha value is -3.03. The van der Waals surface area contributed by atoms with Crippen LogP contribution in [0, 0.1) is 0 Å². The summed E-state index contributed by atoms with van der Waals surface area (Å²) >= 11 is 0. The van der Waals surface area contributed by atoms with Crippen LogP contribution in [-0.4, -0.2) is 20.7 Å². The van der Waals surface area contributed by atoms with E-state index in [2.05, 4.69) is 9.97 Å². The van der Waals surface area contributed by atoms with Crippen LogP contribution in [0.15, 0.2) is 54.7 Å². The van der Waals surface area contributed by atoms with Crippen LogP contribution in [0.2, 0.25) is 0 Å². The normalized spacial score (nSPS) is 15.8. The zero-order chi connectivity index (χ0) is 19.2. The van der Waals surface area contributed by atoms with Crippen molar-refractivity contribution in [2.75, 3.05) is 0 Å². The fraction of sp³-hybridized carbons (Fsp3) is 0.263. The van der Waals surface area contributed by atoms with Gasteiger partial charge in [-0.05, 0) is 37.6 Å². The van der Waals surface area contributed by atoms with E-state index in [1.807, 2.05) is 10.6 Å². The molecule has 1 aromatic carbocycles. The second-order valence-corrected chi connectivity index (χ2v) is 6.80. The van der Waals surface area contributed by atoms with E-state index in [-0.39, 0.29) is 5.56 Å². The molecule has 0 unspecified atom stereocenters. The van der Waals surface area contributed by atoms with Crippen LogP contribution in [0.5, 0.6) is 11.8 Å². The minimum Gasteiger partial charge on any atom is -0.461 e. The number of halogens is 3. The van der Waals surface area contributed by atoms with E-state index in [0.29, 0.717) is 24.1 Å². The summed E-state index contributed by atoms with van der Waals surface area (Å²) in [5.74, 6) is 0.974. The smallest absolute Gasteiger partial charge is 0.397 e. The Morgan fingerprint density at radius 3 is 2.59 bits per heavy atom. The first-order valence-corrected chi connectivity index (χ1v) is 8.27. The SMILES string of the molecule is CC(C)(c1ccc(O/C=C2/Cn3c(nc4cnccc43)O2)cc1)C(F)(F)F. The summed E-state index contributed by atoms with van der Waals surface area (Å²) in [6.45, 7) is 2.76. The molecule has 5 nitrogen and oxygen atoms in total. The van der Waals surface area contributed by atoms with Crippen LogP contribution in [0.3, 0.4) is 0 Å². The molecule has 4 rings (SSSR count). The van der Waals surface area contributed by atoms with Crippen molar-refractivity contribution >= 4 is 11.0 Å². The summed E-state index contributed by atoms with van der Waals surface area (Å²) in [5, 5.41) is 0. The molecule has 2 aromatic heterocycles. The van der Waals surface area contributed by atoms with E-state index < -0.39 is 11.6 Å². The van der Waals surface area contributed by atoms with Crippen molar-refractivity contribution in [2.45, 2.75) is 32.0 Å². The fourth-order valence-corrected chi connectivity index (χ4v) is 2.80. The number of fused-ring (bicyclic) bond motifs is 3. The molecule has 0 amide bonds. The highest BCUT2D eigenvalue weighted by molar-refractivity contribution is 5.76. The third-order valence-electron chi connectivity index (χ3n) is 4.66. The predicted octanol–water partition coefficient (Wildman–Crippen LogP) is 4.58. The van der Waals surface area contributed by atoms with Crippen LogP contribution in [-0.2, 0) is 12.0 Å². The van der Waals surface area contributed by atoms with Gasteiger partial charge in [0.25, 0.3) is 0 Å². The van der Waals surface area contributed by atoms with Gasteiger partial charge in [0, 0.05) is 6.20 Å². The highest BCUT2D eigenvalue weighted by Gasteiger charge is 2.48. The van der Waals surface area contributed by atoms with Gasteiger partial charge >= 0.3 is 12.2 Å². The maximum Gasteiger partial charge on any atom is 0.397 e. The number of rotatable bonds is 3. The molecule has 0 radical (unpaired) electrons. The van der Waals surface area contributed by atoms with Crippen molar-refractivity contribution in [3.8, 4) is 11.8 Å². The first-order chi connectivity index (χ1) is 12.8. The second-order valence-electron chi connectivity index (χ2n) is 6.80. The Morgan fingerprint density at radius 1 is 1.15 bits per heavy atom. The number of alkyl halides is 3. The van der Waals surface area contributed by atoms with Crippen molar-refractivity contribution < 1.29 is 22.6 Å². The van der Waals surface area contributed by atoms with E-state index >= 15 is 0 Å². The molecule has 0 fully saturated rings. The van der Waals surface area contributed by atoms with Gasteiger partial charge in [0.15, 0.2) is 5.76 Å². The van der Waals surface area contributed by atoms with Crippen LogP contribution < -0.4 is 9.47 Å². The molecule has 0 bridgehead atoms. The summed E-state index contributed by atoms with van der Waals surface area (Å²) < 4.78 is 52.4. The molecule has 0 saturated heterocycles. The Labute approximate surface area is 153 Å². The summed E-state index contributed by atoms with van der Waals surface area (Å²) in [5.41, 5.74) is -0.103. The summed E-state index contributed by atoms with van der Waals surface area (Å²) in [6, 6.07) is 8.16. The van der Waals surface area contributed by atoms with Gasteiger partial charge in [-0.1, -0.05) is 12.1 Å². The molecule has 0 N–H and O–H groups in total. The summed E-state index contributed by atoms with van der Waals surface area (Å²) in [7, 11) is 0. The van der Waals surface area contributed by atoms with Gasteiger partial charge in [-0.25, -0.2) is 0 Å². The number of imidazole rings is 1. The molecule has 3 aromatic rings. The lowest BCUT2D eigenvalue weighted by Gasteiger charge is -2.28. The second kappa shape index (κ2) is 6.00. The minimum absolute atomic E-state index is 0.173. The third-order valence-corrected chi connectivity index (χ3v) is 4.66. The molecule has 3 heterocycles. The molecule has 27 heavy (non-hydrogen) atoms. The summed E-state index contributed by atoms with van der Waals surface area (Å²) in [6.07, 6.45) is 0.451. The van der Waals surface area contributed by atoms with E-state index in [1.54, 1.807) is 12.4 Å². The molecule has 8 heteroatoms. The maximum atomic E-state index is 13.1. The molecule has 140 valence electrons. The lowest BCUT2D eigenvalue weighted by molar-refractivity contribution is -0.180. The van der Waals surface area contributed by atoms with Crippen molar-refractivity contribution in [1.29, 1.82) is 0 Å². The zero-order valence-electron chi connectivity index (χ0n) is 14.6. The van der Waals surface area contributed by atoms with Crippen molar-refractivity contribution in [3.05, 3.63) is 60.3 Å². The zero-order valence-corrected chi connectivity index (χ0v) is 14.6. The van der Waals surface area contributed by atoms with E-state index in [0.717, 1.165) is 24.9 Å². The Balaban J connectivity index is 1.47. The first-order valence-electron chi connectivity index (χ1n) is 8.27. The lowest BCUT2D eigenvalue weighted by atomic mass is 9.84. The highest BCUT2D eigenvalue weighted by atomic mass is 19.4. The van der Waals surface area contributed by atoms with Gasteiger partial charge in [-0.2, -0.15) is 18.2 Å². The van der Waals surface area contributed by atoms with Crippen LogP contribution in [0.4, 0.5) is 13.2 Å². The number of ether oxygens (including phenoxy) is 2. The average molecular weight is 375 g/mol. The first kappa shape index (κ1) is 17.4. The number of nitrogens with zero attached hydrogens (tertiary/aromatic N) is 3. The number of hydrogen-bond donors (Lipinski definition) is 0. The highest BCUT2D eigenvalue weighted by Crippen LogP contribution is 2.40. The number of benzene rings is 1. The monoisotopic (exact) mass is 375 g/mol. The van der Waals surface area contributed by atoms with Gasteiger partial charge in [-0.3, -0.25) is 9.55 Å². The van der Waals surface area contributed by atoms with Crippen molar-refractivity contribution in [3.63, 3.8) is 0 Å². The Bertz CT molecular complexity index is 1020. The van der Waals surface area contributed by atoms with Gasteiger partial charge in [0.05, 0.1) is 23.7 Å². The van der Waals surface area contributed by atoms with E-state index in [4.69, 9.17) is 9.47 Å². The van der Waals surface area contributed by atoms with Crippen molar-refractivity contribution in [1.82, 2.24) is 14.5 Å². The molecule has 0 saturated carbocycles. The predicted molar refractivity (Wildman–Crippen MR) is 92.4 cm³/mol. The van der Waals surface area contributed by atoms with Gasteiger partial charge < -0.3 is 9.47 Å². The largest absolute Gasteiger partial charge is 0.461 e. The summed E-state index contributed by atoms with van der Waals surface area (Å²) in [4.78, 5) is 8.35. The fourth-order valence-electron chi connectivity index (χ4n) is 2.80. The maximum absolute atomic E-state index is 13.1. The molecule has 1 aliphatic rings. The number of allylic oxidation sites excluding steroid dienone is 1. The number of pyridine rings is 1. The van der Waals surface area contributed by atoms with E-state index in [9.17, 15) is 13.2 Å². The van der Waals surface area contributed by atoms with Gasteiger partial charge in [0.2, 0.25) is 0 Å². The Kier molecular flexibility index (Phi) is 3.87. The molecule has 1 aliphatic heterocycles.